The molecule has 2 heterocycles. The standard InChI is InChI=1S/C23H22ClFN4O2/c24-21-14-17(16-4-6-19(25)7-5-16)2-3-18(21)15-28-23(30)29-12-8-20(9-13-29)31-22-26-10-1-11-27-22/h1-7,10-11,14,20H,8-9,12-13,15H2,(H,28,30). The average molecular weight is 441 g/mol. The number of nitrogens with one attached hydrogen (secondary N) is 1. The van der Waals surface area contributed by atoms with Gasteiger partial charge >= 0.3 is 12.0 Å². The van der Waals surface area contributed by atoms with Crippen LogP contribution in [0.4, 0.5) is 9.18 Å². The van der Waals surface area contributed by atoms with Crippen molar-refractivity contribution < 1.29 is 13.9 Å². The molecule has 8 heteroatoms. The molecule has 3 aromatic rings. The Morgan fingerprint density at radius 3 is 2.45 bits per heavy atom. The van der Waals surface area contributed by atoms with Gasteiger partial charge in [-0.25, -0.2) is 19.2 Å². The van der Waals surface area contributed by atoms with Gasteiger partial charge in [0, 0.05) is 49.9 Å². The first-order valence-corrected chi connectivity index (χ1v) is 10.5. The largest absolute Gasteiger partial charge is 0.460 e. The normalized spacial score (nSPS) is 14.3. The molecule has 1 fully saturated rings. The predicted molar refractivity (Wildman–Crippen MR) is 116 cm³/mol. The highest BCUT2D eigenvalue weighted by atomic mass is 35.5. The fraction of sp³-hybridized carbons (Fsp3) is 0.261. The minimum absolute atomic E-state index is 0.0000923. The van der Waals surface area contributed by atoms with Gasteiger partial charge < -0.3 is 15.0 Å². The number of piperidine rings is 1. The summed E-state index contributed by atoms with van der Waals surface area (Å²) in [5, 5.41) is 3.48. The van der Waals surface area contributed by atoms with E-state index in [1.165, 1.54) is 12.1 Å². The lowest BCUT2D eigenvalue weighted by Gasteiger charge is -2.31. The Hall–Kier alpha value is -3.19. The molecule has 0 unspecified atom stereocenters. The van der Waals surface area contributed by atoms with Gasteiger partial charge in [0.1, 0.15) is 11.9 Å². The Morgan fingerprint density at radius 2 is 1.77 bits per heavy atom. The third-order valence-electron chi connectivity index (χ3n) is 5.20. The molecule has 160 valence electrons. The van der Waals surface area contributed by atoms with Crippen LogP contribution in [0.25, 0.3) is 11.1 Å². The smallest absolute Gasteiger partial charge is 0.317 e. The Kier molecular flexibility index (Phi) is 6.62. The van der Waals surface area contributed by atoms with Gasteiger partial charge in [-0.2, -0.15) is 0 Å². The van der Waals surface area contributed by atoms with Gasteiger partial charge in [0.25, 0.3) is 0 Å². The number of hydrogen-bond acceptors (Lipinski definition) is 4. The molecule has 1 aliphatic rings. The molecule has 0 radical (unpaired) electrons. The molecule has 1 saturated heterocycles. The predicted octanol–water partition coefficient (Wildman–Crippen LogP) is 4.69. The molecule has 1 N–H and O–H groups in total. The Labute approximate surface area is 185 Å². The molecule has 0 spiro atoms. The second-order valence-electron chi connectivity index (χ2n) is 7.31. The number of carbonyl (C=O) groups is 1. The van der Waals surface area contributed by atoms with E-state index in [9.17, 15) is 9.18 Å². The van der Waals surface area contributed by atoms with Crippen molar-refractivity contribution in [1.82, 2.24) is 20.2 Å². The van der Waals surface area contributed by atoms with E-state index < -0.39 is 0 Å². The lowest BCUT2D eigenvalue weighted by atomic mass is 10.0. The monoisotopic (exact) mass is 440 g/mol. The van der Waals surface area contributed by atoms with E-state index in [0.29, 0.717) is 30.7 Å². The molecule has 2 amide bonds. The second kappa shape index (κ2) is 9.75. The molecule has 6 nitrogen and oxygen atoms in total. The minimum atomic E-state index is -0.279. The van der Waals surface area contributed by atoms with Gasteiger partial charge in [-0.05, 0) is 41.0 Å². The number of ether oxygens (including phenoxy) is 1. The van der Waals surface area contributed by atoms with Gasteiger partial charge in [-0.1, -0.05) is 35.9 Å². The maximum Gasteiger partial charge on any atom is 0.317 e. The summed E-state index contributed by atoms with van der Waals surface area (Å²) in [6, 6.07) is 13.8. The number of rotatable bonds is 5. The Morgan fingerprint density at radius 1 is 1.10 bits per heavy atom. The van der Waals surface area contributed by atoms with Crippen LogP contribution in [-0.2, 0) is 6.54 Å². The number of likely N-dealkylation sites (tertiary alicyclic amines) is 1. The van der Waals surface area contributed by atoms with E-state index in [-0.39, 0.29) is 18.0 Å². The van der Waals surface area contributed by atoms with E-state index in [4.69, 9.17) is 16.3 Å². The van der Waals surface area contributed by atoms with Crippen LogP contribution in [0.5, 0.6) is 6.01 Å². The molecule has 4 rings (SSSR count). The molecule has 0 bridgehead atoms. The molecule has 1 aliphatic heterocycles. The number of urea groups is 1. The SMILES string of the molecule is O=C(NCc1ccc(-c2ccc(F)cc2)cc1Cl)N1CCC(Oc2ncccn2)CC1. The van der Waals surface area contributed by atoms with Crippen molar-refractivity contribution in [2.24, 2.45) is 0 Å². The van der Waals surface area contributed by atoms with Gasteiger partial charge in [0.15, 0.2) is 0 Å². The number of benzene rings is 2. The van der Waals surface area contributed by atoms with E-state index in [2.05, 4.69) is 15.3 Å². The summed E-state index contributed by atoms with van der Waals surface area (Å²) in [7, 11) is 0. The van der Waals surface area contributed by atoms with Crippen molar-refractivity contribution in [2.75, 3.05) is 13.1 Å². The molecule has 1 aromatic heterocycles. The van der Waals surface area contributed by atoms with Crippen LogP contribution in [0.3, 0.4) is 0 Å². The van der Waals surface area contributed by atoms with Crippen LogP contribution in [0, 0.1) is 5.82 Å². The molecular weight excluding hydrogens is 419 g/mol. The number of halogens is 2. The molecule has 0 atom stereocenters. The van der Waals surface area contributed by atoms with Crippen molar-refractivity contribution in [1.29, 1.82) is 0 Å². The maximum absolute atomic E-state index is 13.1. The van der Waals surface area contributed by atoms with E-state index >= 15 is 0 Å². The van der Waals surface area contributed by atoms with Gasteiger partial charge in [-0.3, -0.25) is 0 Å². The van der Waals surface area contributed by atoms with Crippen LogP contribution in [0.1, 0.15) is 18.4 Å². The summed E-state index contributed by atoms with van der Waals surface area (Å²) in [5.41, 5.74) is 2.59. The highest BCUT2D eigenvalue weighted by molar-refractivity contribution is 6.31. The number of aromatic nitrogens is 2. The third-order valence-corrected chi connectivity index (χ3v) is 5.56. The van der Waals surface area contributed by atoms with Crippen molar-refractivity contribution >= 4 is 17.6 Å². The van der Waals surface area contributed by atoms with Crippen molar-refractivity contribution in [3.63, 3.8) is 0 Å². The molecule has 0 saturated carbocycles. The topological polar surface area (TPSA) is 67.4 Å². The second-order valence-corrected chi connectivity index (χ2v) is 7.71. The van der Waals surface area contributed by atoms with Crippen LogP contribution in [0.2, 0.25) is 5.02 Å². The summed E-state index contributed by atoms with van der Waals surface area (Å²) in [5.74, 6) is -0.279. The first-order chi connectivity index (χ1) is 15.1. The van der Waals surface area contributed by atoms with Crippen LogP contribution in [0.15, 0.2) is 60.9 Å². The molecule has 0 aliphatic carbocycles. The molecule has 31 heavy (non-hydrogen) atoms. The summed E-state index contributed by atoms with van der Waals surface area (Å²) < 4.78 is 18.9. The molecular formula is C23H22ClFN4O2. The third kappa shape index (κ3) is 5.49. The van der Waals surface area contributed by atoms with E-state index in [1.807, 2.05) is 18.2 Å². The van der Waals surface area contributed by atoms with Crippen molar-refractivity contribution in [2.45, 2.75) is 25.5 Å². The first-order valence-electron chi connectivity index (χ1n) is 10.1. The first kappa shape index (κ1) is 21.1. The summed E-state index contributed by atoms with van der Waals surface area (Å²) in [4.78, 5) is 22.5. The van der Waals surface area contributed by atoms with Crippen molar-refractivity contribution in [3.05, 3.63) is 77.3 Å². The number of nitrogens with zero attached hydrogens (tertiary/aromatic N) is 3. The lowest BCUT2D eigenvalue weighted by Crippen LogP contribution is -2.46. The van der Waals surface area contributed by atoms with Crippen LogP contribution < -0.4 is 10.1 Å². The van der Waals surface area contributed by atoms with E-state index in [1.54, 1.807) is 35.5 Å². The van der Waals surface area contributed by atoms with Crippen LogP contribution in [-0.4, -0.2) is 40.1 Å². The molecule has 2 aromatic carbocycles. The zero-order valence-electron chi connectivity index (χ0n) is 16.8. The lowest BCUT2D eigenvalue weighted by molar-refractivity contribution is 0.103. The van der Waals surface area contributed by atoms with Crippen molar-refractivity contribution in [3.8, 4) is 17.1 Å². The maximum atomic E-state index is 13.1. The Bertz CT molecular complexity index is 1030. The fourth-order valence-electron chi connectivity index (χ4n) is 3.47. The summed E-state index contributed by atoms with van der Waals surface area (Å²) in [6.07, 6.45) is 4.72. The zero-order valence-corrected chi connectivity index (χ0v) is 17.6. The highest BCUT2D eigenvalue weighted by Gasteiger charge is 2.24. The Balaban J connectivity index is 1.27. The van der Waals surface area contributed by atoms with Gasteiger partial charge in [0.05, 0.1) is 0 Å². The van der Waals surface area contributed by atoms with E-state index in [0.717, 1.165) is 29.5 Å². The number of hydrogen-bond donors (Lipinski definition) is 1. The zero-order chi connectivity index (χ0) is 21.6. The number of carbonyl (C=O) groups excluding carboxylic acids is 1. The summed E-state index contributed by atoms with van der Waals surface area (Å²) in [6.45, 7) is 1.52. The highest BCUT2D eigenvalue weighted by Crippen LogP contribution is 2.26. The minimum Gasteiger partial charge on any atom is -0.460 e. The van der Waals surface area contributed by atoms with Gasteiger partial charge in [-0.15, -0.1) is 0 Å². The number of amides is 2. The summed E-state index contributed by atoms with van der Waals surface area (Å²) >= 11 is 6.41. The fourth-order valence-corrected chi connectivity index (χ4v) is 3.71. The average Bonchev–Trinajstić information content (AvgIpc) is 2.80. The quantitative estimate of drug-likeness (QED) is 0.625. The van der Waals surface area contributed by atoms with Crippen LogP contribution >= 0.6 is 11.6 Å². The van der Waals surface area contributed by atoms with Gasteiger partial charge in [0.2, 0.25) is 0 Å².